The molecule has 0 aliphatic heterocycles. The van der Waals surface area contributed by atoms with E-state index in [9.17, 15) is 9.90 Å². The SMILES string of the molecule is CC(=O)Nc1ccc(SC[C@H](O)COc2ccc(C(C)(C)C)cc2C)cc1. The highest BCUT2D eigenvalue weighted by Gasteiger charge is 2.15. The van der Waals surface area contributed by atoms with Crippen LogP contribution in [0, 0.1) is 6.92 Å². The van der Waals surface area contributed by atoms with Crippen molar-refractivity contribution in [1.82, 2.24) is 0 Å². The van der Waals surface area contributed by atoms with Crippen LogP contribution in [-0.4, -0.2) is 29.5 Å². The highest BCUT2D eigenvalue weighted by molar-refractivity contribution is 7.99. The zero-order valence-electron chi connectivity index (χ0n) is 16.7. The van der Waals surface area contributed by atoms with Gasteiger partial charge in [0.2, 0.25) is 5.91 Å². The number of anilines is 1. The van der Waals surface area contributed by atoms with Crippen molar-refractivity contribution in [3.8, 4) is 5.75 Å². The molecule has 146 valence electrons. The van der Waals surface area contributed by atoms with E-state index in [2.05, 4.69) is 38.2 Å². The topological polar surface area (TPSA) is 58.6 Å². The Morgan fingerprint density at radius 3 is 2.41 bits per heavy atom. The maximum atomic E-state index is 11.0. The minimum Gasteiger partial charge on any atom is -0.491 e. The fraction of sp³-hybridized carbons (Fsp3) is 0.409. The monoisotopic (exact) mass is 387 g/mol. The molecule has 0 saturated carbocycles. The Bertz CT molecular complexity index is 766. The van der Waals surface area contributed by atoms with Gasteiger partial charge in [0.1, 0.15) is 12.4 Å². The summed E-state index contributed by atoms with van der Waals surface area (Å²) in [6.07, 6.45) is -0.563. The minimum absolute atomic E-state index is 0.0891. The summed E-state index contributed by atoms with van der Waals surface area (Å²) in [6.45, 7) is 10.3. The van der Waals surface area contributed by atoms with Crippen LogP contribution in [0.15, 0.2) is 47.4 Å². The highest BCUT2D eigenvalue weighted by Crippen LogP contribution is 2.28. The van der Waals surface area contributed by atoms with Crippen LogP contribution in [-0.2, 0) is 10.2 Å². The Balaban J connectivity index is 1.82. The van der Waals surface area contributed by atoms with E-state index >= 15 is 0 Å². The summed E-state index contributed by atoms with van der Waals surface area (Å²) in [4.78, 5) is 12.1. The molecule has 0 fully saturated rings. The molecule has 0 spiro atoms. The molecule has 0 radical (unpaired) electrons. The first kappa shape index (κ1) is 21.3. The number of aryl methyl sites for hydroxylation is 1. The normalized spacial score (nSPS) is 12.5. The van der Waals surface area contributed by atoms with Gasteiger partial charge in [0, 0.05) is 23.3 Å². The number of aliphatic hydroxyl groups is 1. The van der Waals surface area contributed by atoms with Crippen LogP contribution < -0.4 is 10.1 Å². The van der Waals surface area contributed by atoms with Crippen LogP contribution in [0.2, 0.25) is 0 Å². The highest BCUT2D eigenvalue weighted by atomic mass is 32.2. The molecule has 0 saturated heterocycles. The summed E-state index contributed by atoms with van der Waals surface area (Å²) in [5.41, 5.74) is 3.22. The van der Waals surface area contributed by atoms with Crippen molar-refractivity contribution < 1.29 is 14.6 Å². The first-order valence-corrected chi connectivity index (χ1v) is 10.1. The zero-order chi connectivity index (χ0) is 20.0. The maximum absolute atomic E-state index is 11.0. The van der Waals surface area contributed by atoms with Gasteiger partial charge in [0.15, 0.2) is 0 Å². The van der Waals surface area contributed by atoms with E-state index < -0.39 is 6.10 Å². The molecule has 0 heterocycles. The van der Waals surface area contributed by atoms with E-state index in [0.717, 1.165) is 21.9 Å². The number of hydrogen-bond donors (Lipinski definition) is 2. The van der Waals surface area contributed by atoms with Gasteiger partial charge in [-0.05, 0) is 53.8 Å². The van der Waals surface area contributed by atoms with Gasteiger partial charge in [-0.3, -0.25) is 4.79 Å². The second-order valence-corrected chi connectivity index (χ2v) is 8.81. The quantitative estimate of drug-likeness (QED) is 0.671. The number of ether oxygens (including phenoxy) is 1. The molecule has 1 atom stereocenters. The summed E-state index contributed by atoms with van der Waals surface area (Å²) in [5.74, 6) is 1.26. The van der Waals surface area contributed by atoms with Crippen molar-refractivity contribution in [3.05, 3.63) is 53.6 Å². The van der Waals surface area contributed by atoms with Crippen LogP contribution >= 0.6 is 11.8 Å². The van der Waals surface area contributed by atoms with Gasteiger partial charge in [-0.1, -0.05) is 32.9 Å². The number of carbonyl (C=O) groups is 1. The van der Waals surface area contributed by atoms with Crippen LogP contribution in [0.5, 0.6) is 5.75 Å². The third kappa shape index (κ3) is 6.92. The van der Waals surface area contributed by atoms with E-state index in [4.69, 9.17) is 4.74 Å². The van der Waals surface area contributed by atoms with Crippen LogP contribution in [0.1, 0.15) is 38.8 Å². The molecule has 27 heavy (non-hydrogen) atoms. The average Bonchev–Trinajstić information content (AvgIpc) is 2.58. The number of aliphatic hydroxyl groups excluding tert-OH is 1. The second-order valence-electron chi connectivity index (χ2n) is 7.71. The van der Waals surface area contributed by atoms with Gasteiger partial charge in [0.05, 0.1) is 6.10 Å². The third-order valence-corrected chi connectivity index (χ3v) is 5.25. The van der Waals surface area contributed by atoms with Crippen molar-refractivity contribution in [2.24, 2.45) is 0 Å². The van der Waals surface area contributed by atoms with E-state index in [1.165, 1.54) is 12.5 Å². The number of rotatable bonds is 7. The molecule has 0 aromatic heterocycles. The number of benzene rings is 2. The first-order valence-electron chi connectivity index (χ1n) is 9.07. The molecular formula is C22H29NO3S. The Hall–Kier alpha value is -1.98. The average molecular weight is 388 g/mol. The fourth-order valence-electron chi connectivity index (χ4n) is 2.54. The van der Waals surface area contributed by atoms with Gasteiger partial charge in [-0.2, -0.15) is 0 Å². The minimum atomic E-state index is -0.563. The van der Waals surface area contributed by atoms with Gasteiger partial charge in [0.25, 0.3) is 0 Å². The summed E-state index contributed by atoms with van der Waals surface area (Å²) in [5, 5.41) is 13.0. The number of hydrogen-bond acceptors (Lipinski definition) is 4. The Kier molecular flexibility index (Phi) is 7.33. The van der Waals surface area contributed by atoms with Crippen LogP contribution in [0.4, 0.5) is 5.69 Å². The summed E-state index contributed by atoms with van der Waals surface area (Å²) < 4.78 is 5.81. The molecule has 0 aliphatic carbocycles. The molecule has 2 aromatic carbocycles. The third-order valence-electron chi connectivity index (χ3n) is 4.09. The summed E-state index contributed by atoms with van der Waals surface area (Å²) in [7, 11) is 0. The Morgan fingerprint density at radius 1 is 1.19 bits per heavy atom. The lowest BCUT2D eigenvalue weighted by atomic mass is 9.86. The van der Waals surface area contributed by atoms with Crippen molar-refractivity contribution >= 4 is 23.4 Å². The van der Waals surface area contributed by atoms with Crippen LogP contribution in [0.25, 0.3) is 0 Å². The van der Waals surface area contributed by atoms with Gasteiger partial charge < -0.3 is 15.2 Å². The van der Waals surface area contributed by atoms with E-state index in [-0.39, 0.29) is 17.9 Å². The lowest BCUT2D eigenvalue weighted by Crippen LogP contribution is -2.20. The molecule has 2 N–H and O–H groups in total. The smallest absolute Gasteiger partial charge is 0.221 e. The lowest BCUT2D eigenvalue weighted by Gasteiger charge is -2.21. The Morgan fingerprint density at radius 2 is 1.85 bits per heavy atom. The second kappa shape index (κ2) is 9.29. The Labute approximate surface area is 166 Å². The molecule has 4 nitrogen and oxygen atoms in total. The predicted molar refractivity (Wildman–Crippen MR) is 113 cm³/mol. The number of amides is 1. The summed E-state index contributed by atoms with van der Waals surface area (Å²) >= 11 is 1.56. The number of carbonyl (C=O) groups excluding carboxylic acids is 1. The van der Waals surface area contributed by atoms with Crippen molar-refractivity contribution in [2.45, 2.75) is 51.0 Å². The van der Waals surface area contributed by atoms with E-state index in [1.807, 2.05) is 37.3 Å². The maximum Gasteiger partial charge on any atom is 0.221 e. The molecule has 2 aromatic rings. The van der Waals surface area contributed by atoms with E-state index in [0.29, 0.717) is 5.75 Å². The van der Waals surface area contributed by atoms with Crippen molar-refractivity contribution in [3.63, 3.8) is 0 Å². The molecule has 0 bridgehead atoms. The first-order chi connectivity index (χ1) is 12.6. The molecule has 2 rings (SSSR count). The van der Waals surface area contributed by atoms with Crippen molar-refractivity contribution in [1.29, 1.82) is 0 Å². The molecule has 0 unspecified atom stereocenters. The molecule has 1 amide bonds. The van der Waals surface area contributed by atoms with Gasteiger partial charge in [-0.15, -0.1) is 11.8 Å². The largest absolute Gasteiger partial charge is 0.491 e. The lowest BCUT2D eigenvalue weighted by molar-refractivity contribution is -0.114. The van der Waals surface area contributed by atoms with Crippen LogP contribution in [0.3, 0.4) is 0 Å². The van der Waals surface area contributed by atoms with Gasteiger partial charge in [-0.25, -0.2) is 0 Å². The number of nitrogens with one attached hydrogen (secondary N) is 1. The molecule has 5 heteroatoms. The standard InChI is InChI=1S/C22H29NO3S/c1-15-12-17(22(3,4)5)6-11-21(15)26-13-19(25)14-27-20-9-7-18(8-10-20)23-16(2)24/h6-12,19,25H,13-14H2,1-5H3,(H,23,24)/t19-/m1/s1. The predicted octanol–water partition coefficient (Wildman–Crippen LogP) is 4.78. The number of thioether (sulfide) groups is 1. The summed E-state index contributed by atoms with van der Waals surface area (Å²) in [6, 6.07) is 13.8. The van der Waals surface area contributed by atoms with E-state index in [1.54, 1.807) is 11.8 Å². The zero-order valence-corrected chi connectivity index (χ0v) is 17.5. The molecule has 0 aliphatic rings. The van der Waals surface area contributed by atoms with Gasteiger partial charge >= 0.3 is 0 Å². The fourth-order valence-corrected chi connectivity index (χ4v) is 3.35. The molecular weight excluding hydrogens is 358 g/mol. The van der Waals surface area contributed by atoms with Crippen molar-refractivity contribution in [2.75, 3.05) is 17.7 Å².